The second kappa shape index (κ2) is 8.90. The molecule has 0 fully saturated rings. The Morgan fingerprint density at radius 2 is 1.94 bits per heavy atom. The summed E-state index contributed by atoms with van der Waals surface area (Å²) in [6.07, 6.45) is 3.48. The van der Waals surface area contributed by atoms with Gasteiger partial charge in [-0.3, -0.25) is 4.90 Å². The highest BCUT2D eigenvalue weighted by atomic mass is 16.5. The van der Waals surface area contributed by atoms with Crippen LogP contribution < -0.4 is 5.73 Å². The van der Waals surface area contributed by atoms with Gasteiger partial charge in [-0.2, -0.15) is 0 Å². The molecule has 0 rings (SSSR count). The molecule has 0 aromatic heterocycles. The maximum atomic E-state index is 6.07. The maximum absolute atomic E-state index is 6.07. The SMILES string of the molecule is CCCC(CC)(CN)N(CCOC)CC(C)C. The molecule has 0 saturated heterocycles. The van der Waals surface area contributed by atoms with Crippen LogP contribution in [0.4, 0.5) is 0 Å². The normalized spacial score (nSPS) is 15.5. The Morgan fingerprint density at radius 1 is 1.29 bits per heavy atom. The first-order chi connectivity index (χ1) is 8.06. The Balaban J connectivity index is 4.77. The van der Waals surface area contributed by atoms with Crippen LogP contribution in [-0.2, 0) is 4.74 Å². The van der Waals surface area contributed by atoms with Gasteiger partial charge in [-0.1, -0.05) is 34.1 Å². The van der Waals surface area contributed by atoms with E-state index < -0.39 is 0 Å². The van der Waals surface area contributed by atoms with E-state index >= 15 is 0 Å². The lowest BCUT2D eigenvalue weighted by molar-refractivity contribution is 0.0404. The summed E-state index contributed by atoms with van der Waals surface area (Å²) in [6, 6.07) is 0. The Morgan fingerprint density at radius 3 is 2.29 bits per heavy atom. The highest BCUT2D eigenvalue weighted by Crippen LogP contribution is 2.25. The summed E-state index contributed by atoms with van der Waals surface area (Å²) in [7, 11) is 1.77. The smallest absolute Gasteiger partial charge is 0.0589 e. The molecule has 3 heteroatoms. The van der Waals surface area contributed by atoms with E-state index in [4.69, 9.17) is 10.5 Å². The topological polar surface area (TPSA) is 38.5 Å². The highest BCUT2D eigenvalue weighted by molar-refractivity contribution is 4.90. The largest absolute Gasteiger partial charge is 0.383 e. The third-order valence-corrected chi connectivity index (χ3v) is 3.58. The van der Waals surface area contributed by atoms with Crippen LogP contribution in [0.3, 0.4) is 0 Å². The number of hydrogen-bond donors (Lipinski definition) is 1. The van der Waals surface area contributed by atoms with Gasteiger partial charge in [0.05, 0.1) is 6.61 Å². The highest BCUT2D eigenvalue weighted by Gasteiger charge is 2.32. The summed E-state index contributed by atoms with van der Waals surface area (Å²) in [5.74, 6) is 0.668. The molecule has 0 aliphatic carbocycles. The molecule has 0 aliphatic rings. The van der Waals surface area contributed by atoms with Crippen molar-refractivity contribution in [1.29, 1.82) is 0 Å². The van der Waals surface area contributed by atoms with Gasteiger partial charge in [-0.15, -0.1) is 0 Å². The second-order valence-corrected chi connectivity index (χ2v) is 5.36. The Hall–Kier alpha value is -0.120. The Kier molecular flexibility index (Phi) is 8.83. The minimum absolute atomic E-state index is 0.164. The van der Waals surface area contributed by atoms with Gasteiger partial charge < -0.3 is 10.5 Å². The summed E-state index contributed by atoms with van der Waals surface area (Å²) in [6.45, 7) is 12.7. The molecule has 0 aromatic carbocycles. The van der Waals surface area contributed by atoms with Crippen molar-refractivity contribution in [1.82, 2.24) is 4.90 Å². The van der Waals surface area contributed by atoms with E-state index in [1.54, 1.807) is 7.11 Å². The lowest BCUT2D eigenvalue weighted by Crippen LogP contribution is -2.55. The van der Waals surface area contributed by atoms with Gasteiger partial charge in [0, 0.05) is 32.3 Å². The van der Waals surface area contributed by atoms with E-state index in [1.807, 2.05) is 0 Å². The van der Waals surface area contributed by atoms with Gasteiger partial charge in [0.1, 0.15) is 0 Å². The first kappa shape index (κ1) is 16.9. The van der Waals surface area contributed by atoms with Crippen LogP contribution in [0.5, 0.6) is 0 Å². The molecular formula is C14H32N2O. The van der Waals surface area contributed by atoms with Crippen LogP contribution in [0, 0.1) is 5.92 Å². The molecule has 0 aromatic rings. The monoisotopic (exact) mass is 244 g/mol. The van der Waals surface area contributed by atoms with Gasteiger partial charge in [0.15, 0.2) is 0 Å². The average molecular weight is 244 g/mol. The molecule has 3 nitrogen and oxygen atoms in total. The van der Waals surface area contributed by atoms with Crippen molar-refractivity contribution in [3.05, 3.63) is 0 Å². The molecule has 0 saturated carbocycles. The molecule has 0 bridgehead atoms. The number of methoxy groups -OCH3 is 1. The zero-order valence-corrected chi connectivity index (χ0v) is 12.5. The molecule has 1 unspecified atom stereocenters. The predicted molar refractivity (Wildman–Crippen MR) is 75.3 cm³/mol. The summed E-state index contributed by atoms with van der Waals surface area (Å²) >= 11 is 0. The first-order valence-corrected chi connectivity index (χ1v) is 7.00. The van der Waals surface area contributed by atoms with Crippen LogP contribution in [0.15, 0.2) is 0 Å². The number of nitrogens with two attached hydrogens (primary N) is 1. The van der Waals surface area contributed by atoms with Gasteiger partial charge in [-0.05, 0) is 18.8 Å². The van der Waals surface area contributed by atoms with Crippen LogP contribution >= 0.6 is 0 Å². The number of rotatable bonds is 10. The van der Waals surface area contributed by atoms with Crippen molar-refractivity contribution >= 4 is 0 Å². The van der Waals surface area contributed by atoms with E-state index in [9.17, 15) is 0 Å². The van der Waals surface area contributed by atoms with Crippen molar-refractivity contribution in [3.8, 4) is 0 Å². The zero-order valence-electron chi connectivity index (χ0n) is 12.5. The van der Waals surface area contributed by atoms with Crippen LogP contribution in [-0.4, -0.2) is 43.8 Å². The maximum Gasteiger partial charge on any atom is 0.0589 e. The van der Waals surface area contributed by atoms with Gasteiger partial charge in [-0.25, -0.2) is 0 Å². The van der Waals surface area contributed by atoms with Crippen molar-refractivity contribution < 1.29 is 4.74 Å². The molecule has 2 N–H and O–H groups in total. The second-order valence-electron chi connectivity index (χ2n) is 5.36. The molecule has 0 radical (unpaired) electrons. The minimum atomic E-state index is 0.164. The van der Waals surface area contributed by atoms with Gasteiger partial charge >= 0.3 is 0 Å². The first-order valence-electron chi connectivity index (χ1n) is 7.00. The number of nitrogens with zero attached hydrogens (tertiary/aromatic N) is 1. The fourth-order valence-electron chi connectivity index (χ4n) is 2.56. The molecule has 17 heavy (non-hydrogen) atoms. The quantitative estimate of drug-likeness (QED) is 0.642. The van der Waals surface area contributed by atoms with Gasteiger partial charge in [0.25, 0.3) is 0 Å². The molecule has 0 spiro atoms. The standard InChI is InChI=1S/C14H32N2O/c1-6-8-14(7-2,12-15)16(9-10-17-5)11-13(3)4/h13H,6-12,15H2,1-5H3. The van der Waals surface area contributed by atoms with E-state index in [2.05, 4.69) is 32.6 Å². The van der Waals surface area contributed by atoms with Crippen molar-refractivity contribution in [2.45, 2.75) is 52.5 Å². The van der Waals surface area contributed by atoms with E-state index in [-0.39, 0.29) is 5.54 Å². The van der Waals surface area contributed by atoms with Gasteiger partial charge in [0.2, 0.25) is 0 Å². The predicted octanol–water partition coefficient (Wildman–Crippen LogP) is 2.50. The fourth-order valence-corrected chi connectivity index (χ4v) is 2.56. The van der Waals surface area contributed by atoms with Crippen molar-refractivity contribution in [3.63, 3.8) is 0 Å². The summed E-state index contributed by atoms with van der Waals surface area (Å²) in [4.78, 5) is 2.55. The van der Waals surface area contributed by atoms with Crippen molar-refractivity contribution in [2.24, 2.45) is 11.7 Å². The number of hydrogen-bond acceptors (Lipinski definition) is 3. The summed E-state index contributed by atoms with van der Waals surface area (Å²) in [5, 5.41) is 0. The molecule has 0 aliphatic heterocycles. The third kappa shape index (κ3) is 5.36. The van der Waals surface area contributed by atoms with Crippen LogP contribution in [0.2, 0.25) is 0 Å². The fraction of sp³-hybridized carbons (Fsp3) is 1.00. The molecule has 0 heterocycles. The van der Waals surface area contributed by atoms with Crippen LogP contribution in [0.25, 0.3) is 0 Å². The van der Waals surface area contributed by atoms with Crippen molar-refractivity contribution in [2.75, 3.05) is 33.4 Å². The lowest BCUT2D eigenvalue weighted by Gasteiger charge is -2.44. The summed E-state index contributed by atoms with van der Waals surface area (Å²) in [5.41, 5.74) is 6.23. The number of ether oxygens (including phenoxy) is 1. The summed E-state index contributed by atoms with van der Waals surface area (Å²) < 4.78 is 5.23. The molecule has 0 amide bonds. The van der Waals surface area contributed by atoms with E-state index in [0.717, 1.165) is 32.7 Å². The lowest BCUT2D eigenvalue weighted by atomic mass is 9.87. The van der Waals surface area contributed by atoms with Crippen LogP contribution in [0.1, 0.15) is 47.0 Å². The average Bonchev–Trinajstić information content (AvgIpc) is 2.31. The molecular weight excluding hydrogens is 212 g/mol. The molecule has 104 valence electrons. The van der Waals surface area contributed by atoms with E-state index in [1.165, 1.54) is 12.8 Å². The Labute approximate surface area is 108 Å². The zero-order chi connectivity index (χ0) is 13.3. The molecule has 1 atom stereocenters. The minimum Gasteiger partial charge on any atom is -0.383 e. The third-order valence-electron chi connectivity index (χ3n) is 3.58. The van der Waals surface area contributed by atoms with E-state index in [0.29, 0.717) is 5.92 Å². The Bertz CT molecular complexity index is 179.